The van der Waals surface area contributed by atoms with Crippen molar-refractivity contribution in [2.75, 3.05) is 6.61 Å². The zero-order chi connectivity index (χ0) is 13.8. The van der Waals surface area contributed by atoms with Crippen LogP contribution >= 0.6 is 11.6 Å². The monoisotopic (exact) mass is 283 g/mol. The van der Waals surface area contributed by atoms with E-state index in [-0.39, 0.29) is 18.2 Å². The Labute approximate surface area is 115 Å². The summed E-state index contributed by atoms with van der Waals surface area (Å²) in [4.78, 5) is 11.7. The van der Waals surface area contributed by atoms with E-state index in [1.54, 1.807) is 22.5 Å². The van der Waals surface area contributed by atoms with Gasteiger partial charge in [-0.25, -0.2) is 9.48 Å². The SMILES string of the molecule is CCOC(=O)c1nnn(Cc2cnn(C)c2)c1CCl. The van der Waals surface area contributed by atoms with Crippen LogP contribution in [0.2, 0.25) is 0 Å². The van der Waals surface area contributed by atoms with Gasteiger partial charge in [0.2, 0.25) is 0 Å². The highest BCUT2D eigenvalue weighted by molar-refractivity contribution is 6.17. The average Bonchev–Trinajstić information content (AvgIpc) is 2.96. The summed E-state index contributed by atoms with van der Waals surface area (Å²) in [6.45, 7) is 2.48. The van der Waals surface area contributed by atoms with E-state index in [2.05, 4.69) is 15.4 Å². The minimum absolute atomic E-state index is 0.140. The first kappa shape index (κ1) is 13.5. The van der Waals surface area contributed by atoms with Gasteiger partial charge in [-0.15, -0.1) is 16.7 Å². The van der Waals surface area contributed by atoms with Crippen molar-refractivity contribution in [1.82, 2.24) is 24.8 Å². The number of carbonyl (C=O) groups is 1. The van der Waals surface area contributed by atoms with Gasteiger partial charge in [-0.05, 0) is 6.92 Å². The quantitative estimate of drug-likeness (QED) is 0.604. The number of halogens is 1. The van der Waals surface area contributed by atoms with Gasteiger partial charge in [-0.3, -0.25) is 4.68 Å². The largest absolute Gasteiger partial charge is 0.461 e. The van der Waals surface area contributed by atoms with Gasteiger partial charge >= 0.3 is 5.97 Å². The molecule has 19 heavy (non-hydrogen) atoms. The molecule has 0 N–H and O–H groups in total. The van der Waals surface area contributed by atoms with Crippen molar-refractivity contribution in [3.63, 3.8) is 0 Å². The highest BCUT2D eigenvalue weighted by Gasteiger charge is 2.20. The predicted octanol–water partition coefficient (Wildman–Crippen LogP) is 0.975. The van der Waals surface area contributed by atoms with Crippen LogP contribution in [0.5, 0.6) is 0 Å². The van der Waals surface area contributed by atoms with Gasteiger partial charge < -0.3 is 4.74 Å². The first-order chi connectivity index (χ1) is 9.15. The van der Waals surface area contributed by atoms with Crippen LogP contribution in [0.25, 0.3) is 0 Å². The molecule has 0 amide bonds. The fraction of sp³-hybridized carbons (Fsp3) is 0.455. The number of aryl methyl sites for hydroxylation is 1. The summed E-state index contributed by atoms with van der Waals surface area (Å²) in [6, 6.07) is 0. The highest BCUT2D eigenvalue weighted by atomic mass is 35.5. The first-order valence-electron chi connectivity index (χ1n) is 5.78. The molecular weight excluding hydrogens is 270 g/mol. The van der Waals surface area contributed by atoms with E-state index in [0.29, 0.717) is 12.2 Å². The summed E-state index contributed by atoms with van der Waals surface area (Å²) in [7, 11) is 1.83. The zero-order valence-corrected chi connectivity index (χ0v) is 11.5. The molecular formula is C11H14ClN5O2. The van der Waals surface area contributed by atoms with E-state index < -0.39 is 5.97 Å². The molecule has 0 aromatic carbocycles. The third-order valence-electron chi connectivity index (χ3n) is 2.52. The number of alkyl halides is 1. The molecule has 0 spiro atoms. The third kappa shape index (κ3) is 2.93. The molecule has 0 fully saturated rings. The van der Waals surface area contributed by atoms with E-state index in [4.69, 9.17) is 16.3 Å². The van der Waals surface area contributed by atoms with Crippen LogP contribution in [0.1, 0.15) is 28.7 Å². The molecule has 0 saturated carbocycles. The molecule has 2 aromatic rings. The highest BCUT2D eigenvalue weighted by Crippen LogP contribution is 2.12. The van der Waals surface area contributed by atoms with E-state index in [0.717, 1.165) is 5.56 Å². The predicted molar refractivity (Wildman–Crippen MR) is 67.8 cm³/mol. The molecule has 0 aliphatic rings. The van der Waals surface area contributed by atoms with Crippen LogP contribution in [0, 0.1) is 0 Å². The Morgan fingerprint density at radius 2 is 2.32 bits per heavy atom. The van der Waals surface area contributed by atoms with Crippen LogP contribution in [-0.2, 0) is 24.2 Å². The van der Waals surface area contributed by atoms with Gasteiger partial charge in [0.05, 0.1) is 30.9 Å². The molecule has 0 bridgehead atoms. The Kier molecular flexibility index (Phi) is 4.16. The summed E-state index contributed by atoms with van der Waals surface area (Å²) < 4.78 is 8.18. The lowest BCUT2D eigenvalue weighted by Crippen LogP contribution is -2.10. The molecule has 0 aliphatic carbocycles. The number of aromatic nitrogens is 5. The maximum absolute atomic E-state index is 11.7. The second-order valence-electron chi connectivity index (χ2n) is 3.92. The second kappa shape index (κ2) is 5.83. The minimum atomic E-state index is -0.504. The lowest BCUT2D eigenvalue weighted by molar-refractivity contribution is 0.0518. The Balaban J connectivity index is 2.24. The van der Waals surface area contributed by atoms with E-state index in [1.165, 1.54) is 0 Å². The molecule has 0 aliphatic heterocycles. The first-order valence-corrected chi connectivity index (χ1v) is 6.32. The van der Waals surface area contributed by atoms with Gasteiger partial charge in [0, 0.05) is 18.8 Å². The number of rotatable bonds is 5. The van der Waals surface area contributed by atoms with Crippen molar-refractivity contribution < 1.29 is 9.53 Å². The summed E-state index contributed by atoms with van der Waals surface area (Å²) >= 11 is 5.86. The van der Waals surface area contributed by atoms with Gasteiger partial charge in [0.15, 0.2) is 5.69 Å². The molecule has 0 saturated heterocycles. The van der Waals surface area contributed by atoms with Crippen molar-refractivity contribution in [2.24, 2.45) is 7.05 Å². The summed E-state index contributed by atoms with van der Waals surface area (Å²) in [5.41, 5.74) is 1.67. The molecule has 0 atom stereocenters. The summed E-state index contributed by atoms with van der Waals surface area (Å²) in [5.74, 6) is -0.364. The number of nitrogens with zero attached hydrogens (tertiary/aromatic N) is 5. The molecule has 2 rings (SSSR count). The lowest BCUT2D eigenvalue weighted by atomic mass is 10.3. The Hall–Kier alpha value is -1.89. The maximum Gasteiger partial charge on any atom is 0.360 e. The fourth-order valence-corrected chi connectivity index (χ4v) is 1.94. The van der Waals surface area contributed by atoms with Crippen molar-refractivity contribution in [2.45, 2.75) is 19.3 Å². The Bertz CT molecular complexity index is 577. The number of hydrogen-bond donors (Lipinski definition) is 0. The van der Waals surface area contributed by atoms with Crippen LogP contribution < -0.4 is 0 Å². The summed E-state index contributed by atoms with van der Waals surface area (Å²) in [6.07, 6.45) is 3.59. The van der Waals surface area contributed by atoms with Crippen LogP contribution in [0.4, 0.5) is 0 Å². The van der Waals surface area contributed by atoms with Crippen molar-refractivity contribution >= 4 is 17.6 Å². The zero-order valence-electron chi connectivity index (χ0n) is 10.7. The van der Waals surface area contributed by atoms with E-state index >= 15 is 0 Å². The van der Waals surface area contributed by atoms with Crippen molar-refractivity contribution in [1.29, 1.82) is 0 Å². The molecule has 2 heterocycles. The smallest absolute Gasteiger partial charge is 0.360 e. The number of esters is 1. The van der Waals surface area contributed by atoms with Crippen molar-refractivity contribution in [3.8, 4) is 0 Å². The van der Waals surface area contributed by atoms with Crippen LogP contribution in [0.3, 0.4) is 0 Å². The second-order valence-corrected chi connectivity index (χ2v) is 4.19. The molecule has 2 aromatic heterocycles. The molecule has 102 valence electrons. The molecule has 7 nitrogen and oxygen atoms in total. The summed E-state index contributed by atoms with van der Waals surface area (Å²) in [5, 5.41) is 11.8. The minimum Gasteiger partial charge on any atom is -0.461 e. The van der Waals surface area contributed by atoms with Gasteiger partial charge in [0.25, 0.3) is 0 Å². The normalized spacial score (nSPS) is 10.7. The van der Waals surface area contributed by atoms with Crippen LogP contribution in [0.15, 0.2) is 12.4 Å². The van der Waals surface area contributed by atoms with Crippen molar-refractivity contribution in [3.05, 3.63) is 29.3 Å². The maximum atomic E-state index is 11.7. The number of hydrogen-bond acceptors (Lipinski definition) is 5. The van der Waals surface area contributed by atoms with Gasteiger partial charge in [-0.2, -0.15) is 5.10 Å². The fourth-order valence-electron chi connectivity index (χ4n) is 1.68. The molecule has 0 radical (unpaired) electrons. The van der Waals surface area contributed by atoms with E-state index in [9.17, 15) is 4.79 Å². The Morgan fingerprint density at radius 3 is 2.89 bits per heavy atom. The average molecular weight is 284 g/mol. The topological polar surface area (TPSA) is 74.8 Å². The number of ether oxygens (including phenoxy) is 1. The molecule has 0 unspecified atom stereocenters. The standard InChI is InChI=1S/C11H14ClN5O2/c1-3-19-11(18)10-9(4-12)17(15-14-10)7-8-5-13-16(2)6-8/h5-6H,3-4,7H2,1-2H3. The Morgan fingerprint density at radius 1 is 1.53 bits per heavy atom. The van der Waals surface area contributed by atoms with Gasteiger partial charge in [0.1, 0.15) is 0 Å². The lowest BCUT2D eigenvalue weighted by Gasteiger charge is -2.03. The molecule has 8 heteroatoms. The number of carbonyl (C=O) groups excluding carboxylic acids is 1. The third-order valence-corrected chi connectivity index (χ3v) is 2.78. The van der Waals surface area contributed by atoms with Crippen LogP contribution in [-0.4, -0.2) is 37.4 Å². The van der Waals surface area contributed by atoms with E-state index in [1.807, 2.05) is 13.2 Å². The van der Waals surface area contributed by atoms with Gasteiger partial charge in [-0.1, -0.05) is 5.21 Å².